The molecule has 1 saturated carbocycles. The Morgan fingerprint density at radius 1 is 0.870 bits per heavy atom. The Balaban J connectivity index is 1.62. The largest absolute Gasteiger partial charge is 0.207 e. The molecule has 1 aliphatic rings. The highest BCUT2D eigenvalue weighted by Crippen LogP contribution is 2.38. The highest BCUT2D eigenvalue weighted by atomic mass is 19.1. The molecule has 23 heavy (non-hydrogen) atoms. The van der Waals surface area contributed by atoms with Crippen molar-refractivity contribution in [1.29, 1.82) is 0 Å². The molecular weight excluding hydrogens is 283 g/mol. The van der Waals surface area contributed by atoms with Crippen LogP contribution in [0.1, 0.15) is 50.0 Å². The molecule has 1 heteroatoms. The number of halogens is 1. The van der Waals surface area contributed by atoms with Crippen molar-refractivity contribution in [2.24, 2.45) is 5.92 Å². The minimum absolute atomic E-state index is 0.182. The summed E-state index contributed by atoms with van der Waals surface area (Å²) in [4.78, 5) is 0. The molecule has 3 rings (SSSR count). The van der Waals surface area contributed by atoms with Crippen LogP contribution in [0.15, 0.2) is 61.2 Å². The van der Waals surface area contributed by atoms with Gasteiger partial charge < -0.3 is 0 Å². The highest BCUT2D eigenvalue weighted by Gasteiger charge is 2.21. The Morgan fingerprint density at radius 2 is 1.43 bits per heavy atom. The van der Waals surface area contributed by atoms with Crippen LogP contribution in [0, 0.1) is 11.7 Å². The molecule has 0 amide bonds. The van der Waals surface area contributed by atoms with Crippen LogP contribution in [0.5, 0.6) is 0 Å². The van der Waals surface area contributed by atoms with E-state index in [0.29, 0.717) is 5.92 Å². The second-order valence-electron chi connectivity index (χ2n) is 6.71. The van der Waals surface area contributed by atoms with Crippen molar-refractivity contribution >= 4 is 0 Å². The van der Waals surface area contributed by atoms with E-state index in [-0.39, 0.29) is 5.82 Å². The fourth-order valence-electron chi connectivity index (χ4n) is 3.73. The first-order valence-electron chi connectivity index (χ1n) is 8.73. The van der Waals surface area contributed by atoms with Crippen LogP contribution in [0.2, 0.25) is 0 Å². The summed E-state index contributed by atoms with van der Waals surface area (Å²) in [6.07, 6.45) is 9.80. The van der Waals surface area contributed by atoms with Crippen LogP contribution in [-0.4, -0.2) is 0 Å². The van der Waals surface area contributed by atoms with Gasteiger partial charge >= 0.3 is 0 Å². The van der Waals surface area contributed by atoms with Crippen LogP contribution < -0.4 is 0 Å². The summed E-state index contributed by atoms with van der Waals surface area (Å²) in [5.41, 5.74) is 3.69. The van der Waals surface area contributed by atoms with E-state index in [4.69, 9.17) is 0 Å². The molecule has 0 atom stereocenters. The van der Waals surface area contributed by atoms with Gasteiger partial charge in [-0.05, 0) is 79.2 Å². The fourth-order valence-corrected chi connectivity index (χ4v) is 3.73. The Morgan fingerprint density at radius 3 is 2.00 bits per heavy atom. The summed E-state index contributed by atoms with van der Waals surface area (Å²) in [7, 11) is 0. The van der Waals surface area contributed by atoms with E-state index in [9.17, 15) is 4.39 Å². The third kappa shape index (κ3) is 4.10. The van der Waals surface area contributed by atoms with E-state index >= 15 is 0 Å². The Hall–Kier alpha value is -1.89. The molecule has 2 aromatic rings. The van der Waals surface area contributed by atoms with Crippen molar-refractivity contribution < 1.29 is 4.39 Å². The lowest BCUT2D eigenvalue weighted by Crippen LogP contribution is -2.13. The molecule has 0 unspecified atom stereocenters. The first-order chi connectivity index (χ1) is 11.3. The predicted octanol–water partition coefficient (Wildman–Crippen LogP) is 6.73. The number of hydrogen-bond acceptors (Lipinski definition) is 0. The molecule has 0 radical (unpaired) electrons. The maximum absolute atomic E-state index is 13.0. The first kappa shape index (κ1) is 16.0. The summed E-state index contributed by atoms with van der Waals surface area (Å²) in [5, 5.41) is 0. The summed E-state index contributed by atoms with van der Waals surface area (Å²) in [6.45, 7) is 3.82. The lowest BCUT2D eigenvalue weighted by Gasteiger charge is -2.28. The number of hydrogen-bond donors (Lipinski definition) is 0. The maximum Gasteiger partial charge on any atom is 0.123 e. The van der Waals surface area contributed by atoms with E-state index in [2.05, 4.69) is 30.8 Å². The van der Waals surface area contributed by atoms with E-state index in [0.717, 1.165) is 23.5 Å². The van der Waals surface area contributed by atoms with Crippen molar-refractivity contribution in [1.82, 2.24) is 0 Å². The number of rotatable bonds is 5. The third-order valence-electron chi connectivity index (χ3n) is 5.19. The van der Waals surface area contributed by atoms with Gasteiger partial charge in [-0.15, -0.1) is 6.58 Å². The summed E-state index contributed by atoms with van der Waals surface area (Å²) < 4.78 is 13.0. The molecule has 0 saturated heterocycles. The minimum Gasteiger partial charge on any atom is -0.207 e. The maximum atomic E-state index is 13.0. The molecule has 0 aliphatic heterocycles. The predicted molar refractivity (Wildman–Crippen MR) is 96.0 cm³/mol. The average molecular weight is 308 g/mol. The molecule has 0 heterocycles. The molecule has 0 spiro atoms. The minimum atomic E-state index is -0.182. The van der Waals surface area contributed by atoms with Crippen molar-refractivity contribution in [3.05, 3.63) is 72.6 Å². The summed E-state index contributed by atoms with van der Waals surface area (Å²) >= 11 is 0. The third-order valence-corrected chi connectivity index (χ3v) is 5.19. The van der Waals surface area contributed by atoms with Crippen LogP contribution >= 0.6 is 0 Å². The van der Waals surface area contributed by atoms with Gasteiger partial charge in [0.05, 0.1) is 0 Å². The van der Waals surface area contributed by atoms with E-state index < -0.39 is 0 Å². The lowest BCUT2D eigenvalue weighted by atomic mass is 9.77. The van der Waals surface area contributed by atoms with Crippen LogP contribution in [-0.2, 0) is 0 Å². The van der Waals surface area contributed by atoms with Gasteiger partial charge in [0.15, 0.2) is 0 Å². The van der Waals surface area contributed by atoms with Crippen molar-refractivity contribution in [2.45, 2.75) is 44.4 Å². The van der Waals surface area contributed by atoms with Crippen LogP contribution in [0.3, 0.4) is 0 Å². The molecule has 120 valence electrons. The molecule has 1 fully saturated rings. The van der Waals surface area contributed by atoms with Crippen molar-refractivity contribution in [2.75, 3.05) is 0 Å². The number of benzene rings is 2. The second-order valence-corrected chi connectivity index (χ2v) is 6.71. The second kappa shape index (κ2) is 7.59. The zero-order valence-electron chi connectivity index (χ0n) is 13.7. The Kier molecular flexibility index (Phi) is 5.27. The zero-order valence-corrected chi connectivity index (χ0v) is 13.7. The van der Waals surface area contributed by atoms with Gasteiger partial charge in [-0.25, -0.2) is 4.39 Å². The smallest absolute Gasteiger partial charge is 0.123 e. The Bertz CT molecular complexity index is 616. The molecule has 0 nitrogen and oxygen atoms in total. The van der Waals surface area contributed by atoms with Crippen molar-refractivity contribution in [3.8, 4) is 11.1 Å². The number of allylic oxidation sites excluding steroid dienone is 1. The van der Waals surface area contributed by atoms with Gasteiger partial charge in [-0.1, -0.05) is 42.5 Å². The molecule has 0 N–H and O–H groups in total. The van der Waals surface area contributed by atoms with Crippen LogP contribution in [0.25, 0.3) is 11.1 Å². The van der Waals surface area contributed by atoms with Gasteiger partial charge in [0.25, 0.3) is 0 Å². The van der Waals surface area contributed by atoms with Gasteiger partial charge in [0.2, 0.25) is 0 Å². The average Bonchev–Trinajstić information content (AvgIpc) is 2.61. The van der Waals surface area contributed by atoms with E-state index in [1.54, 1.807) is 0 Å². The topological polar surface area (TPSA) is 0 Å². The SMILES string of the molecule is C=CCCC1CCC(c2ccc(-c3ccc(F)cc3)cc2)CC1. The van der Waals surface area contributed by atoms with Gasteiger partial charge in [-0.2, -0.15) is 0 Å². The lowest BCUT2D eigenvalue weighted by molar-refractivity contribution is 0.312. The zero-order chi connectivity index (χ0) is 16.1. The first-order valence-corrected chi connectivity index (χ1v) is 8.73. The summed E-state index contributed by atoms with van der Waals surface area (Å²) in [6, 6.07) is 15.6. The molecule has 0 aromatic heterocycles. The van der Waals surface area contributed by atoms with E-state index in [1.807, 2.05) is 18.2 Å². The highest BCUT2D eigenvalue weighted by molar-refractivity contribution is 5.63. The fraction of sp³-hybridized carbons (Fsp3) is 0.364. The Labute approximate surface area is 139 Å². The monoisotopic (exact) mass is 308 g/mol. The quantitative estimate of drug-likeness (QED) is 0.537. The van der Waals surface area contributed by atoms with Crippen molar-refractivity contribution in [3.63, 3.8) is 0 Å². The summed E-state index contributed by atoms with van der Waals surface area (Å²) in [5.74, 6) is 1.42. The van der Waals surface area contributed by atoms with Gasteiger partial charge in [0, 0.05) is 0 Å². The van der Waals surface area contributed by atoms with Crippen LogP contribution in [0.4, 0.5) is 4.39 Å². The molecule has 0 bridgehead atoms. The van der Waals surface area contributed by atoms with Gasteiger partial charge in [0.1, 0.15) is 5.82 Å². The van der Waals surface area contributed by atoms with E-state index in [1.165, 1.54) is 49.8 Å². The molecular formula is C22H25F. The molecule has 2 aromatic carbocycles. The molecule has 1 aliphatic carbocycles. The normalized spacial score (nSPS) is 21.1. The van der Waals surface area contributed by atoms with Gasteiger partial charge in [-0.3, -0.25) is 0 Å². The standard InChI is InChI=1S/C22H25F/c1-2-3-4-17-5-7-18(8-6-17)19-9-11-20(12-10-19)21-13-15-22(23)16-14-21/h2,9-18H,1,3-8H2.